The summed E-state index contributed by atoms with van der Waals surface area (Å²) in [6.07, 6.45) is 2.90. The summed E-state index contributed by atoms with van der Waals surface area (Å²) in [6, 6.07) is 3.73. The van der Waals surface area contributed by atoms with Gasteiger partial charge in [0.15, 0.2) is 5.15 Å². The molecule has 3 rings (SSSR count). The number of hydrogen-bond donors (Lipinski definition) is 2. The molecule has 16 heavy (non-hydrogen) atoms. The second kappa shape index (κ2) is 3.64. The predicted octanol–water partition coefficient (Wildman–Crippen LogP) is 1.33. The molecule has 3 N–H and O–H groups in total. The van der Waals surface area contributed by atoms with Gasteiger partial charge in [-0.25, -0.2) is 4.98 Å². The molecule has 2 aromatic heterocycles. The molecule has 0 atom stereocenters. The maximum atomic E-state index is 6.09. The van der Waals surface area contributed by atoms with E-state index in [1.54, 1.807) is 0 Å². The number of pyridine rings is 1. The van der Waals surface area contributed by atoms with Crippen molar-refractivity contribution < 1.29 is 0 Å². The van der Waals surface area contributed by atoms with Crippen LogP contribution in [0.2, 0.25) is 5.15 Å². The fourth-order valence-corrected chi connectivity index (χ4v) is 2.26. The van der Waals surface area contributed by atoms with Crippen molar-refractivity contribution in [3.63, 3.8) is 0 Å². The average molecular weight is 237 g/mol. The summed E-state index contributed by atoms with van der Waals surface area (Å²) in [5.41, 5.74) is 7.34. The lowest BCUT2D eigenvalue weighted by molar-refractivity contribution is 0.341. The van der Waals surface area contributed by atoms with Gasteiger partial charge in [-0.05, 0) is 31.1 Å². The van der Waals surface area contributed by atoms with Crippen LogP contribution in [0.15, 0.2) is 18.3 Å². The van der Waals surface area contributed by atoms with Crippen LogP contribution in [0.25, 0.3) is 5.52 Å². The van der Waals surface area contributed by atoms with Crippen LogP contribution in [0.1, 0.15) is 5.82 Å². The first-order valence-electron chi connectivity index (χ1n) is 5.37. The summed E-state index contributed by atoms with van der Waals surface area (Å²) < 4.78 is 2.02. The van der Waals surface area contributed by atoms with E-state index in [0.717, 1.165) is 30.9 Å². The molecule has 0 bridgehead atoms. The molecule has 4 nitrogen and oxygen atoms in total. The highest BCUT2D eigenvalue weighted by Crippen LogP contribution is 2.22. The Morgan fingerprint density at radius 2 is 2.38 bits per heavy atom. The van der Waals surface area contributed by atoms with Crippen molar-refractivity contribution in [2.45, 2.75) is 6.42 Å². The number of rotatable bonds is 2. The second-order valence-corrected chi connectivity index (χ2v) is 4.62. The summed E-state index contributed by atoms with van der Waals surface area (Å²) in [6.45, 7) is 2.14. The lowest BCUT2D eigenvalue weighted by Gasteiger charge is -2.26. The molecular weight excluding hydrogens is 224 g/mol. The van der Waals surface area contributed by atoms with E-state index in [1.807, 2.05) is 22.7 Å². The van der Waals surface area contributed by atoms with Crippen molar-refractivity contribution >= 4 is 22.8 Å². The van der Waals surface area contributed by atoms with Crippen LogP contribution in [0, 0.1) is 5.92 Å². The van der Waals surface area contributed by atoms with Gasteiger partial charge in [0.2, 0.25) is 0 Å². The lowest BCUT2D eigenvalue weighted by atomic mass is 9.99. The Hall–Kier alpha value is -1.26. The fourth-order valence-electron chi connectivity index (χ4n) is 2.02. The maximum Gasteiger partial charge on any atom is 0.155 e. The largest absolute Gasteiger partial charge is 0.399 e. The molecule has 0 aliphatic carbocycles. The number of nitrogens with zero attached hydrogens (tertiary/aromatic N) is 2. The number of imidazole rings is 1. The van der Waals surface area contributed by atoms with E-state index in [1.165, 1.54) is 0 Å². The Kier molecular flexibility index (Phi) is 2.26. The topological polar surface area (TPSA) is 55.4 Å². The molecule has 84 valence electrons. The Bertz CT molecular complexity index is 530. The first-order valence-corrected chi connectivity index (χ1v) is 5.74. The average Bonchev–Trinajstić information content (AvgIpc) is 2.50. The molecule has 0 amide bonds. The summed E-state index contributed by atoms with van der Waals surface area (Å²) in [4.78, 5) is 4.40. The predicted molar refractivity (Wildman–Crippen MR) is 64.7 cm³/mol. The van der Waals surface area contributed by atoms with E-state index in [0.29, 0.717) is 16.8 Å². The van der Waals surface area contributed by atoms with Crippen molar-refractivity contribution in [1.82, 2.24) is 14.7 Å². The van der Waals surface area contributed by atoms with Gasteiger partial charge in [-0.1, -0.05) is 11.6 Å². The van der Waals surface area contributed by atoms with Gasteiger partial charge in [0.05, 0.1) is 5.52 Å². The van der Waals surface area contributed by atoms with Gasteiger partial charge in [-0.3, -0.25) is 0 Å². The standard InChI is InChI=1S/C11H13ClN4/c12-11-9-4-8(13)1-2-16(9)10(15-11)3-7-5-14-6-7/h1-2,4,7,14H,3,5-6,13H2. The van der Waals surface area contributed by atoms with E-state index in [4.69, 9.17) is 17.3 Å². The Morgan fingerprint density at radius 1 is 1.56 bits per heavy atom. The van der Waals surface area contributed by atoms with Crippen LogP contribution in [-0.2, 0) is 6.42 Å². The molecule has 2 aromatic rings. The lowest BCUT2D eigenvalue weighted by Crippen LogP contribution is -2.43. The molecule has 1 aliphatic rings. The van der Waals surface area contributed by atoms with Gasteiger partial charge in [-0.15, -0.1) is 0 Å². The third-order valence-corrected chi connectivity index (χ3v) is 3.31. The minimum atomic E-state index is 0.537. The smallest absolute Gasteiger partial charge is 0.155 e. The molecular formula is C11H13ClN4. The van der Waals surface area contributed by atoms with Gasteiger partial charge >= 0.3 is 0 Å². The van der Waals surface area contributed by atoms with Crippen LogP contribution in [0.5, 0.6) is 0 Å². The normalized spacial score (nSPS) is 16.6. The molecule has 0 unspecified atom stereocenters. The maximum absolute atomic E-state index is 6.09. The van der Waals surface area contributed by atoms with E-state index in [-0.39, 0.29) is 0 Å². The van der Waals surface area contributed by atoms with Crippen LogP contribution < -0.4 is 11.1 Å². The van der Waals surface area contributed by atoms with E-state index >= 15 is 0 Å². The summed E-state index contributed by atoms with van der Waals surface area (Å²) in [5.74, 6) is 1.70. The zero-order valence-corrected chi connectivity index (χ0v) is 9.54. The number of fused-ring (bicyclic) bond motifs is 1. The number of nitrogens with two attached hydrogens (primary N) is 1. The highest BCUT2D eigenvalue weighted by molar-refractivity contribution is 6.32. The number of hydrogen-bond acceptors (Lipinski definition) is 3. The van der Waals surface area contributed by atoms with Gasteiger partial charge in [0.1, 0.15) is 5.82 Å². The summed E-state index contributed by atoms with van der Waals surface area (Å²) >= 11 is 6.09. The molecule has 1 fully saturated rings. The van der Waals surface area contributed by atoms with Gasteiger partial charge in [0.25, 0.3) is 0 Å². The van der Waals surface area contributed by atoms with Crippen LogP contribution in [0.3, 0.4) is 0 Å². The minimum Gasteiger partial charge on any atom is -0.399 e. The molecule has 5 heteroatoms. The third-order valence-electron chi connectivity index (χ3n) is 3.03. The second-order valence-electron chi connectivity index (χ2n) is 4.26. The summed E-state index contributed by atoms with van der Waals surface area (Å²) in [7, 11) is 0. The van der Waals surface area contributed by atoms with Crippen molar-refractivity contribution in [2.75, 3.05) is 18.8 Å². The highest BCUT2D eigenvalue weighted by atomic mass is 35.5. The zero-order valence-electron chi connectivity index (χ0n) is 8.78. The first kappa shape index (κ1) is 9.93. The van der Waals surface area contributed by atoms with Crippen LogP contribution in [0.4, 0.5) is 5.69 Å². The summed E-state index contributed by atoms with van der Waals surface area (Å²) in [5, 5.41) is 3.79. The van der Waals surface area contributed by atoms with Crippen molar-refractivity contribution in [2.24, 2.45) is 5.92 Å². The van der Waals surface area contributed by atoms with Crippen molar-refractivity contribution in [3.8, 4) is 0 Å². The minimum absolute atomic E-state index is 0.537. The SMILES string of the molecule is Nc1ccn2c(CC3CNC3)nc(Cl)c2c1. The molecule has 1 saturated heterocycles. The quantitative estimate of drug-likeness (QED) is 0.827. The molecule has 0 spiro atoms. The third kappa shape index (κ3) is 1.54. The Balaban J connectivity index is 2.03. The van der Waals surface area contributed by atoms with Gasteiger partial charge in [0, 0.05) is 18.3 Å². The van der Waals surface area contributed by atoms with E-state index in [2.05, 4.69) is 10.3 Å². The molecule has 1 aliphatic heterocycles. The fraction of sp³-hybridized carbons (Fsp3) is 0.364. The number of aromatic nitrogens is 2. The molecule has 3 heterocycles. The number of anilines is 1. The Labute approximate surface area is 98.4 Å². The number of nitrogen functional groups attached to an aromatic ring is 1. The monoisotopic (exact) mass is 236 g/mol. The van der Waals surface area contributed by atoms with Crippen molar-refractivity contribution in [1.29, 1.82) is 0 Å². The zero-order chi connectivity index (χ0) is 11.1. The van der Waals surface area contributed by atoms with Gasteiger partial charge < -0.3 is 15.5 Å². The molecule has 0 radical (unpaired) electrons. The number of halogens is 1. The van der Waals surface area contributed by atoms with Crippen LogP contribution in [-0.4, -0.2) is 22.5 Å². The van der Waals surface area contributed by atoms with Crippen LogP contribution >= 0.6 is 11.6 Å². The molecule has 0 saturated carbocycles. The molecule has 0 aromatic carbocycles. The highest BCUT2D eigenvalue weighted by Gasteiger charge is 2.20. The van der Waals surface area contributed by atoms with E-state index in [9.17, 15) is 0 Å². The first-order chi connectivity index (χ1) is 7.74. The van der Waals surface area contributed by atoms with Gasteiger partial charge in [-0.2, -0.15) is 0 Å². The Morgan fingerprint density at radius 3 is 3.06 bits per heavy atom. The van der Waals surface area contributed by atoms with E-state index < -0.39 is 0 Å². The number of nitrogens with one attached hydrogen (secondary N) is 1. The van der Waals surface area contributed by atoms with Crippen molar-refractivity contribution in [3.05, 3.63) is 29.3 Å².